The van der Waals surface area contributed by atoms with Gasteiger partial charge in [0.15, 0.2) is 6.29 Å². The fourth-order valence-corrected chi connectivity index (χ4v) is 2.31. The van der Waals surface area contributed by atoms with Crippen LogP contribution in [0.2, 0.25) is 0 Å². The van der Waals surface area contributed by atoms with Crippen molar-refractivity contribution in [2.24, 2.45) is 0 Å². The molecule has 4 heteroatoms. The minimum Gasteiger partial charge on any atom is -0.351 e. The lowest BCUT2D eigenvalue weighted by Gasteiger charge is -2.26. The van der Waals surface area contributed by atoms with Crippen LogP contribution in [0.25, 0.3) is 0 Å². The normalized spacial score (nSPS) is 13.2. The molecule has 0 saturated carbocycles. The monoisotopic (exact) mass is 243 g/mol. The maximum Gasteiger partial charge on any atom is 0.176 e. The van der Waals surface area contributed by atoms with Crippen LogP contribution < -0.4 is 5.32 Å². The number of ether oxygens (including phenoxy) is 2. The van der Waals surface area contributed by atoms with E-state index in [-0.39, 0.29) is 12.3 Å². The van der Waals surface area contributed by atoms with Gasteiger partial charge in [-0.25, -0.2) is 0 Å². The van der Waals surface area contributed by atoms with Crippen molar-refractivity contribution in [1.82, 2.24) is 5.32 Å². The van der Waals surface area contributed by atoms with E-state index in [2.05, 4.69) is 29.1 Å². The predicted octanol–water partition coefficient (Wildman–Crippen LogP) is 2.80. The minimum absolute atomic E-state index is 0.121. The Morgan fingerprint density at radius 2 is 1.94 bits per heavy atom. The van der Waals surface area contributed by atoms with E-state index in [9.17, 15) is 0 Å². The molecule has 0 saturated heterocycles. The predicted molar refractivity (Wildman–Crippen MR) is 67.8 cm³/mol. The Kier molecular flexibility index (Phi) is 6.64. The van der Waals surface area contributed by atoms with Gasteiger partial charge in [-0.3, -0.25) is 0 Å². The Labute approximate surface area is 102 Å². The summed E-state index contributed by atoms with van der Waals surface area (Å²) in [5.41, 5.74) is 1.23. The van der Waals surface area contributed by atoms with Gasteiger partial charge in [0, 0.05) is 13.2 Å². The lowest BCUT2D eigenvalue weighted by atomic mass is 10.1. The average molecular weight is 243 g/mol. The van der Waals surface area contributed by atoms with Crippen LogP contribution in [0.15, 0.2) is 16.8 Å². The lowest BCUT2D eigenvalue weighted by molar-refractivity contribution is -0.155. The van der Waals surface area contributed by atoms with Gasteiger partial charge < -0.3 is 14.8 Å². The standard InChI is InChI=1S/C12H21NO2S/c1-4-13-11(10-7-8-16-9-10)12(14-5-2)15-6-3/h7-9,11-13H,4-6H2,1-3H3. The average Bonchev–Trinajstić information content (AvgIpc) is 2.79. The highest BCUT2D eigenvalue weighted by Gasteiger charge is 2.23. The molecule has 3 nitrogen and oxygen atoms in total. The largest absolute Gasteiger partial charge is 0.351 e. The van der Waals surface area contributed by atoms with E-state index in [1.165, 1.54) is 5.56 Å². The second-order valence-corrected chi connectivity index (χ2v) is 4.15. The van der Waals surface area contributed by atoms with Crippen molar-refractivity contribution in [2.75, 3.05) is 19.8 Å². The highest BCUT2D eigenvalue weighted by Crippen LogP contribution is 2.22. The summed E-state index contributed by atoms with van der Waals surface area (Å²) in [6, 6.07) is 2.24. The van der Waals surface area contributed by atoms with Gasteiger partial charge in [0.1, 0.15) is 0 Å². The summed E-state index contributed by atoms with van der Waals surface area (Å²) in [4.78, 5) is 0. The summed E-state index contributed by atoms with van der Waals surface area (Å²) in [6.07, 6.45) is -0.204. The second kappa shape index (κ2) is 7.79. The van der Waals surface area contributed by atoms with Gasteiger partial charge in [-0.2, -0.15) is 11.3 Å². The molecular weight excluding hydrogens is 222 g/mol. The van der Waals surface area contributed by atoms with Gasteiger partial charge in [0.05, 0.1) is 6.04 Å². The van der Waals surface area contributed by atoms with E-state index in [1.54, 1.807) is 11.3 Å². The van der Waals surface area contributed by atoms with E-state index in [4.69, 9.17) is 9.47 Å². The van der Waals surface area contributed by atoms with Crippen molar-refractivity contribution in [3.05, 3.63) is 22.4 Å². The van der Waals surface area contributed by atoms with E-state index in [0.29, 0.717) is 13.2 Å². The molecule has 1 aromatic rings. The molecule has 1 heterocycles. The molecule has 1 N–H and O–H groups in total. The number of thiophene rings is 1. The zero-order chi connectivity index (χ0) is 11.8. The molecule has 0 aliphatic rings. The van der Waals surface area contributed by atoms with Gasteiger partial charge in [-0.05, 0) is 42.8 Å². The molecule has 1 atom stereocenters. The summed E-state index contributed by atoms with van der Waals surface area (Å²) >= 11 is 1.70. The van der Waals surface area contributed by atoms with E-state index in [0.717, 1.165) is 6.54 Å². The van der Waals surface area contributed by atoms with Crippen LogP contribution in [0.3, 0.4) is 0 Å². The first kappa shape index (κ1) is 13.6. The van der Waals surface area contributed by atoms with Gasteiger partial charge in [-0.15, -0.1) is 0 Å². The third kappa shape index (κ3) is 3.87. The van der Waals surface area contributed by atoms with Crippen LogP contribution in [0.4, 0.5) is 0 Å². The van der Waals surface area contributed by atoms with Crippen molar-refractivity contribution < 1.29 is 9.47 Å². The van der Waals surface area contributed by atoms with Crippen molar-refractivity contribution in [2.45, 2.75) is 33.1 Å². The highest BCUT2D eigenvalue weighted by molar-refractivity contribution is 7.07. The van der Waals surface area contributed by atoms with Crippen molar-refractivity contribution >= 4 is 11.3 Å². The zero-order valence-corrected chi connectivity index (χ0v) is 11.0. The van der Waals surface area contributed by atoms with E-state index in [1.807, 2.05) is 13.8 Å². The number of nitrogens with one attached hydrogen (secondary N) is 1. The molecule has 0 radical (unpaired) electrons. The van der Waals surface area contributed by atoms with Crippen LogP contribution in [-0.4, -0.2) is 26.0 Å². The second-order valence-electron chi connectivity index (χ2n) is 3.37. The molecule has 0 bridgehead atoms. The van der Waals surface area contributed by atoms with Gasteiger partial charge in [-0.1, -0.05) is 6.92 Å². The molecule has 0 amide bonds. The lowest BCUT2D eigenvalue weighted by Crippen LogP contribution is -2.35. The Morgan fingerprint density at radius 1 is 1.25 bits per heavy atom. The third-order valence-electron chi connectivity index (χ3n) is 2.26. The van der Waals surface area contributed by atoms with Crippen LogP contribution in [0, 0.1) is 0 Å². The molecule has 0 aliphatic heterocycles. The molecule has 16 heavy (non-hydrogen) atoms. The molecule has 1 aromatic heterocycles. The van der Waals surface area contributed by atoms with Gasteiger partial charge >= 0.3 is 0 Å². The van der Waals surface area contributed by atoms with Crippen LogP contribution in [-0.2, 0) is 9.47 Å². The Morgan fingerprint density at radius 3 is 2.38 bits per heavy atom. The number of rotatable bonds is 8. The smallest absolute Gasteiger partial charge is 0.176 e. The van der Waals surface area contributed by atoms with E-state index < -0.39 is 0 Å². The molecule has 1 unspecified atom stereocenters. The molecule has 0 aromatic carbocycles. The van der Waals surface area contributed by atoms with Crippen LogP contribution in [0.5, 0.6) is 0 Å². The quantitative estimate of drug-likeness (QED) is 0.712. The maximum atomic E-state index is 5.64. The molecule has 0 fully saturated rings. The first-order valence-electron chi connectivity index (χ1n) is 5.82. The fraction of sp³-hybridized carbons (Fsp3) is 0.667. The minimum atomic E-state index is -0.204. The van der Waals surface area contributed by atoms with Crippen molar-refractivity contribution in [3.63, 3.8) is 0 Å². The van der Waals surface area contributed by atoms with Crippen molar-refractivity contribution in [1.29, 1.82) is 0 Å². The molecule has 0 aliphatic carbocycles. The number of hydrogen-bond donors (Lipinski definition) is 1. The molecular formula is C12H21NO2S. The molecule has 92 valence electrons. The third-order valence-corrected chi connectivity index (χ3v) is 2.96. The van der Waals surface area contributed by atoms with Crippen LogP contribution >= 0.6 is 11.3 Å². The van der Waals surface area contributed by atoms with E-state index >= 15 is 0 Å². The molecule has 0 spiro atoms. The Balaban J connectivity index is 2.72. The van der Waals surface area contributed by atoms with Crippen molar-refractivity contribution in [3.8, 4) is 0 Å². The fourth-order valence-electron chi connectivity index (χ4n) is 1.61. The number of hydrogen-bond acceptors (Lipinski definition) is 4. The number of likely N-dealkylation sites (N-methyl/N-ethyl adjacent to an activating group) is 1. The Hall–Kier alpha value is -0.420. The maximum absolute atomic E-state index is 5.64. The molecule has 1 rings (SSSR count). The Bertz CT molecular complexity index is 258. The first-order chi connectivity index (χ1) is 7.83. The van der Waals surface area contributed by atoms with Gasteiger partial charge in [0.2, 0.25) is 0 Å². The first-order valence-corrected chi connectivity index (χ1v) is 6.76. The van der Waals surface area contributed by atoms with Gasteiger partial charge in [0.25, 0.3) is 0 Å². The zero-order valence-electron chi connectivity index (χ0n) is 10.2. The highest BCUT2D eigenvalue weighted by atomic mass is 32.1. The SMILES string of the molecule is CCNC(c1ccsc1)C(OCC)OCC. The summed E-state index contributed by atoms with van der Waals surface area (Å²) in [7, 11) is 0. The topological polar surface area (TPSA) is 30.5 Å². The summed E-state index contributed by atoms with van der Waals surface area (Å²) in [5.74, 6) is 0. The summed E-state index contributed by atoms with van der Waals surface area (Å²) < 4.78 is 11.3. The van der Waals surface area contributed by atoms with Crippen LogP contribution in [0.1, 0.15) is 32.4 Å². The summed E-state index contributed by atoms with van der Waals surface area (Å²) in [6.45, 7) is 8.30. The summed E-state index contributed by atoms with van der Waals surface area (Å²) in [5, 5.41) is 7.63.